The van der Waals surface area contributed by atoms with Crippen LogP contribution in [-0.2, 0) is 35.2 Å². The Hall–Kier alpha value is -4.01. The van der Waals surface area contributed by atoms with Crippen LogP contribution in [0.2, 0.25) is 0 Å². The highest BCUT2D eigenvalue weighted by Gasteiger charge is 2.38. The molecule has 15 heteroatoms. The number of nitrogens with two attached hydrogens (primary N) is 1. The average molecular weight is 482 g/mol. The fourth-order valence-corrected chi connectivity index (χ4v) is 3.54. The zero-order valence-corrected chi connectivity index (χ0v) is 18.0. The lowest BCUT2D eigenvalue weighted by molar-refractivity contribution is -0.148. The molecule has 1 aromatic heterocycles. The first-order valence-electron chi connectivity index (χ1n) is 10.3. The van der Waals surface area contributed by atoms with Gasteiger partial charge in [-0.3, -0.25) is 24.0 Å². The third-order valence-corrected chi connectivity index (χ3v) is 5.16. The van der Waals surface area contributed by atoms with Crippen LogP contribution < -0.4 is 16.4 Å². The smallest absolute Gasteiger partial charge is 0.326 e. The van der Waals surface area contributed by atoms with Gasteiger partial charge in [-0.05, 0) is 12.8 Å². The van der Waals surface area contributed by atoms with Gasteiger partial charge in [-0.15, -0.1) is 0 Å². The summed E-state index contributed by atoms with van der Waals surface area (Å²) in [5.74, 6) is -7.12. The molecule has 0 radical (unpaired) electrons. The van der Waals surface area contributed by atoms with E-state index in [4.69, 9.17) is 21.1 Å². The molecule has 2 heterocycles. The van der Waals surface area contributed by atoms with E-state index in [0.717, 1.165) is 0 Å². The third kappa shape index (κ3) is 7.26. The van der Waals surface area contributed by atoms with Crippen LogP contribution in [0.5, 0.6) is 0 Å². The van der Waals surface area contributed by atoms with Crippen LogP contribution in [0, 0.1) is 0 Å². The summed E-state index contributed by atoms with van der Waals surface area (Å²) in [6, 6.07) is -5.52. The van der Waals surface area contributed by atoms with E-state index in [-0.39, 0.29) is 19.4 Å². The van der Waals surface area contributed by atoms with Crippen LogP contribution in [-0.4, -0.2) is 96.5 Å². The number of hydrogen-bond acceptors (Lipinski definition) is 8. The lowest BCUT2D eigenvalue weighted by atomic mass is 10.1. The first-order chi connectivity index (χ1) is 16.0. The SMILES string of the molecule is NC(Cc1cnc[nH]1)C(=O)N1CCCC1C(=O)NC(CC(=O)O)C(=O)NC(CC(=O)O)C(=O)O. The van der Waals surface area contributed by atoms with E-state index in [1.165, 1.54) is 17.4 Å². The summed E-state index contributed by atoms with van der Waals surface area (Å²) in [5.41, 5.74) is 6.59. The van der Waals surface area contributed by atoms with Gasteiger partial charge in [0.15, 0.2) is 0 Å². The lowest BCUT2D eigenvalue weighted by Gasteiger charge is -2.28. The number of H-pyrrole nitrogens is 1. The Bertz CT molecular complexity index is 935. The summed E-state index contributed by atoms with van der Waals surface area (Å²) >= 11 is 0. The maximum atomic E-state index is 12.8. The largest absolute Gasteiger partial charge is 0.481 e. The standard InChI is InChI=1S/C19H26N6O9/c20-10(4-9-7-21-8-22-9)18(32)25-3-1-2-13(25)17(31)23-11(5-14(26)27)16(30)24-12(19(33)34)6-15(28)29/h7-8,10-13H,1-6,20H2,(H,21,22)(H,23,31)(H,24,30)(H,26,27)(H,28,29)(H,33,34). The summed E-state index contributed by atoms with van der Waals surface area (Å²) in [4.78, 5) is 79.2. The number of aromatic amines is 1. The Labute approximate surface area is 192 Å². The lowest BCUT2D eigenvalue weighted by Crippen LogP contribution is -2.57. The fourth-order valence-electron chi connectivity index (χ4n) is 3.54. The van der Waals surface area contributed by atoms with Crippen molar-refractivity contribution in [3.8, 4) is 0 Å². The highest BCUT2D eigenvalue weighted by atomic mass is 16.4. The van der Waals surface area contributed by atoms with Gasteiger partial charge in [0.2, 0.25) is 17.7 Å². The maximum Gasteiger partial charge on any atom is 0.326 e. The van der Waals surface area contributed by atoms with Crippen molar-refractivity contribution in [3.05, 3.63) is 18.2 Å². The molecule has 1 aliphatic heterocycles. The molecular weight excluding hydrogens is 456 g/mol. The van der Waals surface area contributed by atoms with E-state index in [1.54, 1.807) is 0 Å². The topological polar surface area (TPSA) is 245 Å². The van der Waals surface area contributed by atoms with Crippen LogP contribution in [0.4, 0.5) is 0 Å². The number of likely N-dealkylation sites (tertiary alicyclic amines) is 1. The summed E-state index contributed by atoms with van der Waals surface area (Å²) in [6.07, 6.45) is 1.95. The molecule has 4 atom stereocenters. The summed E-state index contributed by atoms with van der Waals surface area (Å²) < 4.78 is 0. The van der Waals surface area contributed by atoms with E-state index in [2.05, 4.69) is 15.3 Å². The number of amides is 3. The minimum absolute atomic E-state index is 0.147. The number of carboxylic acid groups (broad SMARTS) is 3. The molecule has 1 aromatic rings. The number of carbonyl (C=O) groups is 6. The number of hydrogen-bond donors (Lipinski definition) is 7. The maximum absolute atomic E-state index is 12.8. The van der Waals surface area contributed by atoms with Crippen LogP contribution in [0.1, 0.15) is 31.4 Å². The normalized spacial score (nSPS) is 17.9. The zero-order chi connectivity index (χ0) is 25.4. The number of nitrogens with zero attached hydrogens (tertiary/aromatic N) is 2. The molecule has 3 amide bonds. The predicted molar refractivity (Wildman–Crippen MR) is 111 cm³/mol. The molecule has 1 aliphatic rings. The molecule has 0 aromatic carbocycles. The van der Waals surface area contributed by atoms with Crippen molar-refractivity contribution in [3.63, 3.8) is 0 Å². The molecular formula is C19H26N6O9. The zero-order valence-electron chi connectivity index (χ0n) is 18.0. The van der Waals surface area contributed by atoms with Crippen molar-refractivity contribution in [1.29, 1.82) is 0 Å². The molecule has 0 aliphatic carbocycles. The van der Waals surface area contributed by atoms with Crippen molar-refractivity contribution in [1.82, 2.24) is 25.5 Å². The minimum Gasteiger partial charge on any atom is -0.481 e. The number of carboxylic acids is 3. The van der Waals surface area contributed by atoms with Crippen LogP contribution in [0.25, 0.3) is 0 Å². The highest BCUT2D eigenvalue weighted by Crippen LogP contribution is 2.19. The fraction of sp³-hybridized carbons (Fsp3) is 0.526. The van der Waals surface area contributed by atoms with Crippen LogP contribution in [0.15, 0.2) is 12.5 Å². The van der Waals surface area contributed by atoms with Crippen LogP contribution >= 0.6 is 0 Å². The van der Waals surface area contributed by atoms with E-state index in [1.807, 2.05) is 5.32 Å². The first kappa shape index (κ1) is 26.2. The van der Waals surface area contributed by atoms with Gasteiger partial charge in [0.1, 0.15) is 18.1 Å². The average Bonchev–Trinajstić information content (AvgIpc) is 3.43. The number of carbonyl (C=O) groups excluding carboxylic acids is 3. The molecule has 0 spiro atoms. The Balaban J connectivity index is 2.08. The van der Waals surface area contributed by atoms with Gasteiger partial charge in [0.05, 0.1) is 25.2 Å². The van der Waals surface area contributed by atoms with E-state index >= 15 is 0 Å². The highest BCUT2D eigenvalue weighted by molar-refractivity contribution is 5.96. The first-order valence-corrected chi connectivity index (χ1v) is 10.3. The van der Waals surface area contributed by atoms with Crippen molar-refractivity contribution in [2.24, 2.45) is 5.73 Å². The number of imidazole rings is 1. The second-order valence-corrected chi connectivity index (χ2v) is 7.73. The number of aliphatic carboxylic acids is 3. The van der Waals surface area contributed by atoms with Gasteiger partial charge in [-0.1, -0.05) is 0 Å². The van der Waals surface area contributed by atoms with E-state index < -0.39 is 72.6 Å². The quantitative estimate of drug-likeness (QED) is 0.161. The third-order valence-electron chi connectivity index (χ3n) is 5.16. The van der Waals surface area contributed by atoms with Gasteiger partial charge in [-0.25, -0.2) is 9.78 Å². The predicted octanol–water partition coefficient (Wildman–Crippen LogP) is -2.73. The summed E-state index contributed by atoms with van der Waals surface area (Å²) in [6.45, 7) is 0.225. The van der Waals surface area contributed by atoms with Crippen molar-refractivity contribution >= 4 is 35.6 Å². The minimum atomic E-state index is -1.83. The molecule has 34 heavy (non-hydrogen) atoms. The van der Waals surface area contributed by atoms with Crippen molar-refractivity contribution < 1.29 is 44.1 Å². The van der Waals surface area contributed by atoms with Crippen molar-refractivity contribution in [2.75, 3.05) is 6.54 Å². The number of aromatic nitrogens is 2. The van der Waals surface area contributed by atoms with Gasteiger partial charge in [-0.2, -0.15) is 0 Å². The van der Waals surface area contributed by atoms with Gasteiger partial charge in [0.25, 0.3) is 0 Å². The Kier molecular flexibility index (Phi) is 9.06. The van der Waals surface area contributed by atoms with Gasteiger partial charge < -0.3 is 41.6 Å². The summed E-state index contributed by atoms with van der Waals surface area (Å²) in [5, 5.41) is 31.1. The van der Waals surface area contributed by atoms with Gasteiger partial charge in [0, 0.05) is 24.9 Å². The molecule has 8 N–H and O–H groups in total. The molecule has 4 unspecified atom stereocenters. The van der Waals surface area contributed by atoms with E-state index in [0.29, 0.717) is 12.1 Å². The number of nitrogens with one attached hydrogen (secondary N) is 3. The van der Waals surface area contributed by atoms with Crippen molar-refractivity contribution in [2.45, 2.75) is 56.3 Å². The Morgan fingerprint density at radius 1 is 1.09 bits per heavy atom. The summed E-state index contributed by atoms with van der Waals surface area (Å²) in [7, 11) is 0. The monoisotopic (exact) mass is 482 g/mol. The molecule has 1 saturated heterocycles. The molecule has 2 rings (SSSR count). The Morgan fingerprint density at radius 2 is 1.74 bits per heavy atom. The molecule has 0 bridgehead atoms. The Morgan fingerprint density at radius 3 is 2.29 bits per heavy atom. The second kappa shape index (κ2) is 11.7. The molecule has 1 fully saturated rings. The van der Waals surface area contributed by atoms with Gasteiger partial charge >= 0.3 is 17.9 Å². The molecule has 15 nitrogen and oxygen atoms in total. The van der Waals surface area contributed by atoms with Crippen LogP contribution in [0.3, 0.4) is 0 Å². The number of rotatable bonds is 12. The second-order valence-electron chi connectivity index (χ2n) is 7.73. The molecule has 186 valence electrons. The molecule has 0 saturated carbocycles. The van der Waals surface area contributed by atoms with E-state index in [9.17, 15) is 28.8 Å².